The van der Waals surface area contributed by atoms with Gasteiger partial charge in [0.1, 0.15) is 26.8 Å². The molecule has 0 radical (unpaired) electrons. The monoisotopic (exact) mass is 333 g/mol. The molecule has 1 N–H and O–H groups in total. The van der Waals surface area contributed by atoms with Crippen LogP contribution in [-0.4, -0.2) is 22.6 Å². The number of phenolic OH excluding ortho intramolecular Hbond substituents is 1. The van der Waals surface area contributed by atoms with Gasteiger partial charge in [-0.1, -0.05) is 23.2 Å². The average Bonchev–Trinajstić information content (AvgIpc) is 2.73. The molecule has 0 bridgehead atoms. The molecule has 0 aliphatic carbocycles. The standard InChI is InChI=1S/C12H9Cl2NO6/c1-3-20-12(17)5-4(2)21-11-6(5)9(15(18)19)10(16)7(13)8(11)14/h16H,3H2,1-2H3. The van der Waals surface area contributed by atoms with Crippen molar-refractivity contribution in [2.75, 3.05) is 6.61 Å². The fraction of sp³-hybridized carbons (Fsp3) is 0.250. The SMILES string of the molecule is CCOC(=O)c1c(C)oc2c(Cl)c(Cl)c(O)c([N+](=O)[O-])c12. The average molecular weight is 334 g/mol. The molecule has 1 aromatic carbocycles. The number of furan rings is 1. The molecule has 1 aromatic heterocycles. The zero-order valence-electron chi connectivity index (χ0n) is 10.9. The molecule has 0 unspecified atom stereocenters. The van der Waals surface area contributed by atoms with Crippen LogP contribution in [-0.2, 0) is 4.74 Å². The highest BCUT2D eigenvalue weighted by Crippen LogP contribution is 2.48. The van der Waals surface area contributed by atoms with Crippen LogP contribution in [0.25, 0.3) is 11.0 Å². The quantitative estimate of drug-likeness (QED) is 0.520. The Bertz CT molecular complexity index is 767. The summed E-state index contributed by atoms with van der Waals surface area (Å²) in [6.45, 7) is 3.09. The van der Waals surface area contributed by atoms with Crippen LogP contribution in [0, 0.1) is 17.0 Å². The largest absolute Gasteiger partial charge is 0.501 e. The number of nitrogens with zero attached hydrogens (tertiary/aromatic N) is 1. The maximum Gasteiger partial charge on any atom is 0.342 e. The number of hydrogen-bond donors (Lipinski definition) is 1. The molecule has 1 heterocycles. The van der Waals surface area contributed by atoms with Gasteiger partial charge < -0.3 is 14.3 Å². The Hall–Kier alpha value is -1.99. The number of aryl methyl sites for hydroxylation is 1. The third-order valence-electron chi connectivity index (χ3n) is 2.81. The summed E-state index contributed by atoms with van der Waals surface area (Å²) in [5.41, 5.74) is -1.06. The Morgan fingerprint density at radius 1 is 1.43 bits per heavy atom. The van der Waals surface area contributed by atoms with Crippen molar-refractivity contribution in [1.29, 1.82) is 0 Å². The number of rotatable bonds is 3. The van der Waals surface area contributed by atoms with Gasteiger partial charge in [0.05, 0.1) is 11.5 Å². The fourth-order valence-electron chi connectivity index (χ4n) is 1.98. The summed E-state index contributed by atoms with van der Waals surface area (Å²) >= 11 is 11.7. The lowest BCUT2D eigenvalue weighted by Gasteiger charge is -2.04. The van der Waals surface area contributed by atoms with E-state index in [9.17, 15) is 20.0 Å². The van der Waals surface area contributed by atoms with Gasteiger partial charge in [0.25, 0.3) is 0 Å². The molecular weight excluding hydrogens is 325 g/mol. The smallest absolute Gasteiger partial charge is 0.342 e. The van der Waals surface area contributed by atoms with E-state index in [2.05, 4.69) is 0 Å². The van der Waals surface area contributed by atoms with Crippen LogP contribution >= 0.6 is 23.2 Å². The lowest BCUT2D eigenvalue weighted by molar-refractivity contribution is -0.384. The molecule has 2 aromatic rings. The first-order valence-electron chi connectivity index (χ1n) is 5.75. The van der Waals surface area contributed by atoms with Crippen molar-refractivity contribution in [2.45, 2.75) is 13.8 Å². The van der Waals surface area contributed by atoms with E-state index in [0.29, 0.717) is 0 Å². The van der Waals surface area contributed by atoms with Crippen molar-refractivity contribution in [3.8, 4) is 5.75 Å². The number of fused-ring (bicyclic) bond motifs is 1. The maximum atomic E-state index is 12.0. The van der Waals surface area contributed by atoms with Crippen LogP contribution in [0.15, 0.2) is 4.42 Å². The number of halogens is 2. The van der Waals surface area contributed by atoms with Crippen molar-refractivity contribution in [3.63, 3.8) is 0 Å². The minimum Gasteiger partial charge on any atom is -0.501 e. The lowest BCUT2D eigenvalue weighted by Crippen LogP contribution is -2.06. The Morgan fingerprint density at radius 3 is 2.57 bits per heavy atom. The zero-order valence-corrected chi connectivity index (χ0v) is 12.4. The predicted molar refractivity (Wildman–Crippen MR) is 75.2 cm³/mol. The Labute approximate surface area is 128 Å². The second-order valence-corrected chi connectivity index (χ2v) is 4.80. The fourth-order valence-corrected chi connectivity index (χ4v) is 2.38. The lowest BCUT2D eigenvalue weighted by atomic mass is 10.1. The van der Waals surface area contributed by atoms with Gasteiger partial charge in [0.2, 0.25) is 5.75 Å². The van der Waals surface area contributed by atoms with Crippen molar-refractivity contribution in [1.82, 2.24) is 0 Å². The second-order valence-electron chi connectivity index (χ2n) is 4.04. The van der Waals surface area contributed by atoms with Crippen LogP contribution in [0.4, 0.5) is 5.69 Å². The minimum atomic E-state index is -0.864. The molecule has 0 fully saturated rings. The predicted octanol–water partition coefficient (Wildman–Crippen LogP) is 3.84. The summed E-state index contributed by atoms with van der Waals surface area (Å²) < 4.78 is 10.1. The van der Waals surface area contributed by atoms with Gasteiger partial charge in [-0.25, -0.2) is 4.79 Å². The third kappa shape index (κ3) is 2.28. The number of carbonyl (C=O) groups excluding carboxylic acids is 1. The van der Waals surface area contributed by atoms with Gasteiger partial charge >= 0.3 is 11.7 Å². The first kappa shape index (κ1) is 15.4. The van der Waals surface area contributed by atoms with Gasteiger partial charge in [-0.3, -0.25) is 10.1 Å². The summed E-state index contributed by atoms with van der Waals surface area (Å²) in [5.74, 6) is -1.56. The summed E-state index contributed by atoms with van der Waals surface area (Å²) in [7, 11) is 0. The van der Waals surface area contributed by atoms with E-state index in [1.165, 1.54) is 6.92 Å². The second kappa shape index (κ2) is 5.42. The summed E-state index contributed by atoms with van der Waals surface area (Å²) in [6, 6.07) is 0. The number of ether oxygens (including phenoxy) is 1. The van der Waals surface area contributed by atoms with Gasteiger partial charge in [-0.15, -0.1) is 0 Å². The molecule has 21 heavy (non-hydrogen) atoms. The first-order valence-corrected chi connectivity index (χ1v) is 6.51. The molecule has 0 aliphatic rings. The Kier molecular flexibility index (Phi) is 3.97. The molecule has 9 heteroatoms. The van der Waals surface area contributed by atoms with Gasteiger partial charge in [-0.05, 0) is 13.8 Å². The number of hydrogen-bond acceptors (Lipinski definition) is 6. The van der Waals surface area contributed by atoms with E-state index in [-0.39, 0.29) is 33.9 Å². The maximum absolute atomic E-state index is 12.0. The molecule has 112 valence electrons. The number of aromatic hydroxyl groups is 1. The van der Waals surface area contributed by atoms with Crippen LogP contribution in [0.3, 0.4) is 0 Å². The number of nitro groups is 1. The zero-order chi connectivity index (χ0) is 15.9. The van der Waals surface area contributed by atoms with Crippen LogP contribution in [0.5, 0.6) is 5.75 Å². The molecule has 0 amide bonds. The van der Waals surface area contributed by atoms with E-state index in [4.69, 9.17) is 32.4 Å². The molecule has 0 saturated heterocycles. The third-order valence-corrected chi connectivity index (χ3v) is 3.63. The van der Waals surface area contributed by atoms with E-state index >= 15 is 0 Å². The highest BCUT2D eigenvalue weighted by molar-refractivity contribution is 6.46. The number of phenols is 1. The molecule has 2 rings (SSSR count). The van der Waals surface area contributed by atoms with Gasteiger partial charge in [0, 0.05) is 0 Å². The molecular formula is C12H9Cl2NO6. The molecule has 7 nitrogen and oxygen atoms in total. The van der Waals surface area contributed by atoms with E-state index in [0.717, 1.165) is 0 Å². The summed E-state index contributed by atoms with van der Waals surface area (Å²) in [4.78, 5) is 22.3. The van der Waals surface area contributed by atoms with Crippen molar-refractivity contribution < 1.29 is 24.0 Å². The topological polar surface area (TPSA) is 103 Å². The van der Waals surface area contributed by atoms with Gasteiger partial charge in [0.15, 0.2) is 5.58 Å². The molecule has 0 atom stereocenters. The molecule has 0 aliphatic heterocycles. The van der Waals surface area contributed by atoms with Crippen LogP contribution in [0.1, 0.15) is 23.0 Å². The summed E-state index contributed by atoms with van der Waals surface area (Å²) in [5, 5.41) is 20.2. The number of benzene rings is 1. The van der Waals surface area contributed by atoms with Crippen LogP contribution in [0.2, 0.25) is 10.0 Å². The summed E-state index contributed by atoms with van der Waals surface area (Å²) in [6.07, 6.45) is 0. The number of esters is 1. The van der Waals surface area contributed by atoms with E-state index in [1.807, 2.05) is 0 Å². The highest BCUT2D eigenvalue weighted by atomic mass is 35.5. The Morgan fingerprint density at radius 2 is 2.05 bits per heavy atom. The van der Waals surface area contributed by atoms with Gasteiger partial charge in [-0.2, -0.15) is 0 Å². The number of nitro benzene ring substituents is 1. The Balaban J connectivity index is 2.98. The van der Waals surface area contributed by atoms with E-state index in [1.54, 1.807) is 6.92 Å². The molecule has 0 spiro atoms. The normalized spacial score (nSPS) is 10.9. The molecule has 0 saturated carbocycles. The minimum absolute atomic E-state index is 0.0754. The van der Waals surface area contributed by atoms with Crippen molar-refractivity contribution >= 4 is 45.8 Å². The van der Waals surface area contributed by atoms with Crippen molar-refractivity contribution in [3.05, 3.63) is 31.5 Å². The van der Waals surface area contributed by atoms with Crippen molar-refractivity contribution in [2.24, 2.45) is 0 Å². The van der Waals surface area contributed by atoms with E-state index < -0.39 is 27.4 Å². The highest BCUT2D eigenvalue weighted by Gasteiger charge is 2.34. The first-order chi connectivity index (χ1) is 9.81. The van der Waals surface area contributed by atoms with Crippen LogP contribution < -0.4 is 0 Å². The number of carbonyl (C=O) groups is 1.